The van der Waals surface area contributed by atoms with Crippen molar-refractivity contribution in [2.45, 2.75) is 13.1 Å². The Morgan fingerprint density at radius 3 is 2.32 bits per heavy atom. The number of nitrogens with zero attached hydrogens (tertiary/aromatic N) is 3. The number of nitro benzene ring substituents is 1. The van der Waals surface area contributed by atoms with Crippen LogP contribution >= 0.6 is 0 Å². The summed E-state index contributed by atoms with van der Waals surface area (Å²) in [6, 6.07) is 6.64. The summed E-state index contributed by atoms with van der Waals surface area (Å²) >= 11 is 0. The zero-order valence-corrected chi connectivity index (χ0v) is 15.0. The van der Waals surface area contributed by atoms with E-state index >= 15 is 0 Å². The first-order valence-corrected chi connectivity index (χ1v) is 8.55. The van der Waals surface area contributed by atoms with Crippen molar-refractivity contribution in [1.82, 2.24) is 4.90 Å². The average Bonchev–Trinajstić information content (AvgIpc) is 2.66. The molecule has 0 saturated carbocycles. The van der Waals surface area contributed by atoms with Crippen LogP contribution in [0.2, 0.25) is 0 Å². The third-order valence-corrected chi connectivity index (χ3v) is 4.67. The van der Waals surface area contributed by atoms with Crippen molar-refractivity contribution in [2.24, 2.45) is 0 Å². The number of H-pyrrole nitrogens is 1. The minimum absolute atomic E-state index is 0.0424. The molecule has 1 aromatic carbocycles. The van der Waals surface area contributed by atoms with Gasteiger partial charge in [0, 0.05) is 23.3 Å². The molecule has 0 aliphatic carbocycles. The fraction of sp³-hybridized carbons (Fsp3) is 0.333. The van der Waals surface area contributed by atoms with Crippen molar-refractivity contribution < 1.29 is 27.9 Å². The largest absolute Gasteiger partial charge is 0.419 e. The number of aromatic amines is 1. The molecule has 0 unspecified atom stereocenters. The maximum absolute atomic E-state index is 12.6. The lowest BCUT2D eigenvalue weighted by Crippen LogP contribution is -2.50. The highest BCUT2D eigenvalue weighted by atomic mass is 19.4. The summed E-state index contributed by atoms with van der Waals surface area (Å²) in [5.74, 6) is 0.320. The van der Waals surface area contributed by atoms with E-state index in [2.05, 4.69) is 4.98 Å². The normalized spacial score (nSPS) is 14.9. The molecule has 3 rings (SSSR count). The molecule has 1 amide bonds. The molecule has 1 aliphatic heterocycles. The van der Waals surface area contributed by atoms with E-state index in [1.54, 1.807) is 11.8 Å². The Hall–Kier alpha value is -3.17. The van der Waals surface area contributed by atoms with E-state index in [4.69, 9.17) is 0 Å². The Morgan fingerprint density at radius 2 is 1.82 bits per heavy atom. The van der Waals surface area contributed by atoms with Crippen LogP contribution in [-0.4, -0.2) is 41.9 Å². The molecule has 0 atom stereocenters. The number of carbonyl (C=O) groups is 1. The topological polar surface area (TPSA) is 80.8 Å². The van der Waals surface area contributed by atoms with Gasteiger partial charge in [-0.25, -0.2) is 4.98 Å². The SMILES string of the molecule is Cc1cc(C(=O)N2CCN(c3ccc(C(F)(F)F)c[nH+]3)CC2)ccc1[N+](=O)[O-]. The number of alkyl halides is 3. The Morgan fingerprint density at radius 1 is 1.14 bits per heavy atom. The van der Waals surface area contributed by atoms with E-state index in [9.17, 15) is 28.1 Å². The molecular weight excluding hydrogens is 377 g/mol. The number of hydrogen-bond donors (Lipinski definition) is 0. The van der Waals surface area contributed by atoms with E-state index in [1.807, 2.05) is 4.90 Å². The average molecular weight is 395 g/mol. The zero-order valence-electron chi connectivity index (χ0n) is 15.0. The fourth-order valence-corrected chi connectivity index (χ4v) is 3.12. The van der Waals surface area contributed by atoms with E-state index < -0.39 is 16.7 Å². The molecule has 1 aliphatic rings. The van der Waals surface area contributed by atoms with Gasteiger partial charge in [0.15, 0.2) is 0 Å². The van der Waals surface area contributed by atoms with Gasteiger partial charge < -0.3 is 4.90 Å². The summed E-state index contributed by atoms with van der Waals surface area (Å²) in [5.41, 5.74) is -0.00991. The first kappa shape index (κ1) is 19.6. The van der Waals surface area contributed by atoms with Crippen LogP contribution in [0.1, 0.15) is 21.5 Å². The predicted molar refractivity (Wildman–Crippen MR) is 93.9 cm³/mol. The second-order valence-corrected chi connectivity index (χ2v) is 6.50. The third kappa shape index (κ3) is 4.05. The number of anilines is 1. The number of carbonyl (C=O) groups excluding carboxylic acids is 1. The van der Waals surface area contributed by atoms with E-state index in [1.165, 1.54) is 24.3 Å². The Labute approximate surface area is 158 Å². The first-order valence-electron chi connectivity index (χ1n) is 8.55. The maximum atomic E-state index is 12.6. The van der Waals surface area contributed by atoms with Crippen molar-refractivity contribution in [3.05, 3.63) is 63.3 Å². The lowest BCUT2D eigenvalue weighted by Gasteiger charge is -2.31. The number of hydrogen-bond acceptors (Lipinski definition) is 4. The molecule has 2 aromatic rings. The van der Waals surface area contributed by atoms with Gasteiger partial charge in [0.05, 0.1) is 23.6 Å². The molecular formula is C18H18F3N4O3+. The summed E-state index contributed by atoms with van der Waals surface area (Å²) in [6.07, 6.45) is -3.48. The number of nitro groups is 1. The number of amides is 1. The number of aromatic nitrogens is 1. The lowest BCUT2D eigenvalue weighted by molar-refractivity contribution is -0.385. The van der Waals surface area contributed by atoms with Gasteiger partial charge in [0.25, 0.3) is 17.4 Å². The molecule has 10 heteroatoms. The number of piperazine rings is 1. The Bertz CT molecular complexity index is 892. The summed E-state index contributed by atoms with van der Waals surface area (Å²) < 4.78 is 37.9. The van der Waals surface area contributed by atoms with Crippen LogP contribution in [-0.2, 0) is 6.18 Å². The van der Waals surface area contributed by atoms with Gasteiger partial charge in [-0.1, -0.05) is 0 Å². The molecule has 7 nitrogen and oxygen atoms in total. The van der Waals surface area contributed by atoms with Gasteiger partial charge >= 0.3 is 6.18 Å². The molecule has 1 N–H and O–H groups in total. The minimum atomic E-state index is -4.40. The third-order valence-electron chi connectivity index (χ3n) is 4.67. The summed E-state index contributed by atoms with van der Waals surface area (Å²) in [4.78, 5) is 29.2. The highest BCUT2D eigenvalue weighted by Crippen LogP contribution is 2.28. The van der Waals surface area contributed by atoms with Crippen LogP contribution in [0.5, 0.6) is 0 Å². The number of benzene rings is 1. The maximum Gasteiger partial charge on any atom is 0.419 e. The quantitative estimate of drug-likeness (QED) is 0.591. The molecule has 0 bridgehead atoms. The highest BCUT2D eigenvalue weighted by molar-refractivity contribution is 5.95. The Balaban J connectivity index is 1.64. The van der Waals surface area contributed by atoms with Crippen molar-refractivity contribution in [1.29, 1.82) is 0 Å². The molecule has 0 spiro atoms. The number of aryl methyl sites for hydroxylation is 1. The smallest absolute Gasteiger partial charge is 0.331 e. The summed E-state index contributed by atoms with van der Waals surface area (Å²) in [7, 11) is 0. The van der Waals surface area contributed by atoms with Crippen LogP contribution in [0, 0.1) is 17.0 Å². The van der Waals surface area contributed by atoms with Crippen LogP contribution < -0.4 is 9.88 Å². The second kappa shape index (κ2) is 7.45. The van der Waals surface area contributed by atoms with E-state index in [-0.39, 0.29) is 11.6 Å². The zero-order chi connectivity index (χ0) is 20.5. The van der Waals surface area contributed by atoms with Crippen LogP contribution in [0.25, 0.3) is 0 Å². The van der Waals surface area contributed by atoms with Gasteiger partial charge in [-0.3, -0.25) is 19.8 Å². The van der Waals surface area contributed by atoms with Gasteiger partial charge in [-0.2, -0.15) is 13.2 Å². The van der Waals surface area contributed by atoms with E-state index in [0.717, 1.165) is 12.3 Å². The first-order chi connectivity index (χ1) is 13.2. The number of halogens is 3. The van der Waals surface area contributed by atoms with Crippen molar-refractivity contribution in [3.8, 4) is 0 Å². The number of rotatable bonds is 3. The van der Waals surface area contributed by atoms with Gasteiger partial charge in [-0.15, -0.1) is 0 Å². The van der Waals surface area contributed by atoms with Crippen molar-refractivity contribution in [3.63, 3.8) is 0 Å². The van der Waals surface area contributed by atoms with Gasteiger partial charge in [-0.05, 0) is 25.1 Å². The highest BCUT2D eigenvalue weighted by Gasteiger charge is 2.33. The van der Waals surface area contributed by atoms with Crippen molar-refractivity contribution >= 4 is 17.4 Å². The lowest BCUT2D eigenvalue weighted by atomic mass is 10.1. The predicted octanol–water partition coefficient (Wildman–Crippen LogP) is 2.70. The molecule has 1 fully saturated rings. The molecule has 0 radical (unpaired) electrons. The standard InChI is InChI=1S/C18H17F3N4O3/c1-12-10-13(2-4-15(12)25(27)28)17(26)24-8-6-23(7-9-24)16-5-3-14(11-22-16)18(19,20)21/h2-5,10-11H,6-9H2,1H3/p+1. The van der Waals surface area contributed by atoms with Gasteiger partial charge in [0.1, 0.15) is 19.3 Å². The molecule has 1 saturated heterocycles. The van der Waals surface area contributed by atoms with Crippen LogP contribution in [0.3, 0.4) is 0 Å². The summed E-state index contributed by atoms with van der Waals surface area (Å²) in [6.45, 7) is 3.28. The Kier molecular flexibility index (Phi) is 5.21. The number of pyridine rings is 1. The van der Waals surface area contributed by atoms with Gasteiger partial charge in [0.2, 0.25) is 0 Å². The van der Waals surface area contributed by atoms with E-state index in [0.29, 0.717) is 43.1 Å². The van der Waals surface area contributed by atoms with Crippen molar-refractivity contribution in [2.75, 3.05) is 31.1 Å². The second-order valence-electron chi connectivity index (χ2n) is 6.50. The molecule has 148 valence electrons. The molecule has 28 heavy (non-hydrogen) atoms. The molecule has 2 heterocycles. The van der Waals surface area contributed by atoms with Crippen LogP contribution in [0.4, 0.5) is 24.7 Å². The monoisotopic (exact) mass is 395 g/mol. The summed E-state index contributed by atoms with van der Waals surface area (Å²) in [5, 5.41) is 10.9. The minimum Gasteiger partial charge on any atom is -0.331 e. The molecule has 1 aromatic heterocycles. The fourth-order valence-electron chi connectivity index (χ4n) is 3.12. The van der Waals surface area contributed by atoms with Crippen LogP contribution in [0.15, 0.2) is 36.5 Å². The number of nitrogens with one attached hydrogen (secondary N) is 1.